The molecule has 1 saturated heterocycles. The van der Waals surface area contributed by atoms with Crippen LogP contribution in [0.4, 0.5) is 0 Å². The van der Waals surface area contributed by atoms with Crippen LogP contribution >= 0.6 is 0 Å². The van der Waals surface area contributed by atoms with E-state index in [1.165, 1.54) is 11.1 Å². The van der Waals surface area contributed by atoms with E-state index in [0.717, 1.165) is 76.1 Å². The van der Waals surface area contributed by atoms with Crippen LogP contribution in [-0.4, -0.2) is 60.7 Å². The van der Waals surface area contributed by atoms with Crippen molar-refractivity contribution in [2.24, 2.45) is 4.99 Å². The molecule has 7 nitrogen and oxygen atoms in total. The first kappa shape index (κ1) is 24.3. The Bertz CT molecular complexity index is 836. The molecule has 32 heavy (non-hydrogen) atoms. The zero-order valence-electron chi connectivity index (χ0n) is 20.2. The number of nitrogens with zero attached hydrogens (tertiary/aromatic N) is 4. The van der Waals surface area contributed by atoms with Crippen molar-refractivity contribution in [3.63, 3.8) is 0 Å². The molecule has 3 rings (SSSR count). The van der Waals surface area contributed by atoms with Crippen LogP contribution in [0.15, 0.2) is 39.8 Å². The van der Waals surface area contributed by atoms with Crippen LogP contribution < -0.4 is 10.6 Å². The number of hydrogen-bond acceptors (Lipinski definition) is 5. The van der Waals surface area contributed by atoms with Gasteiger partial charge in [-0.15, -0.1) is 0 Å². The van der Waals surface area contributed by atoms with E-state index in [1.54, 1.807) is 7.05 Å². The van der Waals surface area contributed by atoms with Gasteiger partial charge in [0.05, 0.1) is 12.2 Å². The zero-order valence-corrected chi connectivity index (χ0v) is 20.2. The maximum atomic E-state index is 5.52. The van der Waals surface area contributed by atoms with Crippen molar-refractivity contribution in [1.82, 2.24) is 25.6 Å². The van der Waals surface area contributed by atoms with Crippen LogP contribution in [-0.2, 0) is 19.6 Å². The first-order valence-corrected chi connectivity index (χ1v) is 12.1. The summed E-state index contributed by atoms with van der Waals surface area (Å²) < 4.78 is 5.52. The zero-order chi connectivity index (χ0) is 22.8. The van der Waals surface area contributed by atoms with Gasteiger partial charge in [0, 0.05) is 58.3 Å². The second kappa shape index (κ2) is 12.6. The molecule has 1 aromatic heterocycles. The second-order valence-electron chi connectivity index (χ2n) is 8.49. The van der Waals surface area contributed by atoms with E-state index >= 15 is 0 Å². The topological polar surface area (TPSA) is 68.9 Å². The third-order valence-electron chi connectivity index (χ3n) is 6.51. The number of aromatic nitrogens is 1. The van der Waals surface area contributed by atoms with Crippen molar-refractivity contribution in [3.8, 4) is 0 Å². The molecule has 2 N–H and O–H groups in total. The van der Waals surface area contributed by atoms with E-state index in [9.17, 15) is 0 Å². The fraction of sp³-hybridized carbons (Fsp3) is 0.600. The van der Waals surface area contributed by atoms with Crippen molar-refractivity contribution < 1.29 is 4.52 Å². The lowest BCUT2D eigenvalue weighted by Gasteiger charge is -2.34. The Morgan fingerprint density at radius 1 is 1.00 bits per heavy atom. The van der Waals surface area contributed by atoms with Gasteiger partial charge in [-0.3, -0.25) is 9.89 Å². The predicted molar refractivity (Wildman–Crippen MR) is 131 cm³/mol. The van der Waals surface area contributed by atoms with Gasteiger partial charge in [-0.05, 0) is 30.5 Å². The Labute approximate surface area is 193 Å². The largest absolute Gasteiger partial charge is 0.359 e. The summed E-state index contributed by atoms with van der Waals surface area (Å²) in [5, 5.41) is 11.0. The third kappa shape index (κ3) is 6.81. The Morgan fingerprint density at radius 3 is 2.31 bits per heavy atom. The minimum atomic E-state index is 0.464. The molecule has 7 heteroatoms. The maximum absolute atomic E-state index is 5.52. The molecule has 0 atom stereocenters. The number of benzene rings is 1. The normalized spacial score (nSPS) is 16.0. The average molecular weight is 441 g/mol. The number of likely N-dealkylation sites (N-methyl/N-ethyl adjacent to an activating group) is 1. The van der Waals surface area contributed by atoms with Gasteiger partial charge in [0.15, 0.2) is 11.7 Å². The maximum Gasteiger partial charge on any atom is 0.191 e. The molecular formula is C25H40N6O. The van der Waals surface area contributed by atoms with Crippen molar-refractivity contribution in [2.75, 3.05) is 39.8 Å². The molecule has 2 heterocycles. The number of nitrogens with one attached hydrogen (secondary N) is 2. The Morgan fingerprint density at radius 2 is 1.66 bits per heavy atom. The summed E-state index contributed by atoms with van der Waals surface area (Å²) in [6, 6.07) is 10.8. The van der Waals surface area contributed by atoms with E-state index in [1.807, 2.05) is 0 Å². The summed E-state index contributed by atoms with van der Waals surface area (Å²) in [7, 11) is 1.80. The summed E-state index contributed by atoms with van der Waals surface area (Å²) in [6.45, 7) is 14.7. The Kier molecular flexibility index (Phi) is 9.56. The predicted octanol–water partition coefficient (Wildman–Crippen LogP) is 3.58. The number of aliphatic imine (C=N–C) groups is 1. The van der Waals surface area contributed by atoms with Crippen molar-refractivity contribution in [2.45, 2.75) is 59.2 Å². The number of rotatable bonds is 10. The first-order chi connectivity index (χ1) is 15.7. The number of hydrogen-bond donors (Lipinski definition) is 2. The van der Waals surface area contributed by atoms with Gasteiger partial charge in [-0.1, -0.05) is 50.2 Å². The van der Waals surface area contributed by atoms with E-state index in [4.69, 9.17) is 4.52 Å². The van der Waals surface area contributed by atoms with Gasteiger partial charge in [0.25, 0.3) is 0 Å². The highest BCUT2D eigenvalue weighted by Gasteiger charge is 2.17. The molecular weight excluding hydrogens is 400 g/mol. The van der Waals surface area contributed by atoms with Gasteiger partial charge in [0.2, 0.25) is 0 Å². The lowest BCUT2D eigenvalue weighted by molar-refractivity contribution is 0.131. The van der Waals surface area contributed by atoms with Gasteiger partial charge < -0.3 is 20.1 Å². The Balaban J connectivity index is 1.51. The second-order valence-corrected chi connectivity index (χ2v) is 8.49. The highest BCUT2D eigenvalue weighted by atomic mass is 16.5. The monoisotopic (exact) mass is 440 g/mol. The van der Waals surface area contributed by atoms with Crippen LogP contribution in [0.5, 0.6) is 0 Å². The van der Waals surface area contributed by atoms with E-state index in [0.29, 0.717) is 12.5 Å². The van der Waals surface area contributed by atoms with E-state index in [2.05, 4.69) is 81.7 Å². The molecule has 1 fully saturated rings. The van der Waals surface area contributed by atoms with Crippen molar-refractivity contribution >= 4 is 5.96 Å². The standard InChI is InChI=1S/C25H40N6O/c1-5-20(6-2)24-16-23(32-29-24)18-28-25(26-4)27-17-21-10-8-9-11-22(21)19-31-14-12-30(7-3)13-15-31/h8-11,16,20H,5-7,12-15,17-19H2,1-4H3,(H2,26,27,28). The van der Waals surface area contributed by atoms with Gasteiger partial charge in [-0.25, -0.2) is 0 Å². The summed E-state index contributed by atoms with van der Waals surface area (Å²) in [6.07, 6.45) is 2.15. The molecule has 0 spiro atoms. The molecule has 1 aliphatic rings. The average Bonchev–Trinajstić information content (AvgIpc) is 3.30. The van der Waals surface area contributed by atoms with E-state index in [-0.39, 0.29) is 0 Å². The number of guanidine groups is 1. The van der Waals surface area contributed by atoms with Crippen LogP contribution in [0, 0.1) is 0 Å². The van der Waals surface area contributed by atoms with Crippen LogP contribution in [0.3, 0.4) is 0 Å². The first-order valence-electron chi connectivity index (χ1n) is 12.1. The third-order valence-corrected chi connectivity index (χ3v) is 6.51. The lowest BCUT2D eigenvalue weighted by Crippen LogP contribution is -2.45. The summed E-state index contributed by atoms with van der Waals surface area (Å²) >= 11 is 0. The van der Waals surface area contributed by atoms with Crippen LogP contribution in [0.25, 0.3) is 0 Å². The molecule has 0 radical (unpaired) electrons. The fourth-order valence-corrected chi connectivity index (χ4v) is 4.27. The summed E-state index contributed by atoms with van der Waals surface area (Å²) in [5.74, 6) is 2.06. The minimum Gasteiger partial charge on any atom is -0.359 e. The van der Waals surface area contributed by atoms with Gasteiger partial charge in [0.1, 0.15) is 0 Å². The molecule has 0 saturated carbocycles. The smallest absolute Gasteiger partial charge is 0.191 e. The molecule has 1 aromatic carbocycles. The molecule has 0 unspecified atom stereocenters. The van der Waals surface area contributed by atoms with Crippen molar-refractivity contribution in [1.29, 1.82) is 0 Å². The minimum absolute atomic E-state index is 0.464. The molecule has 176 valence electrons. The van der Waals surface area contributed by atoms with Crippen LogP contribution in [0.2, 0.25) is 0 Å². The molecule has 1 aliphatic heterocycles. The van der Waals surface area contributed by atoms with Gasteiger partial charge >= 0.3 is 0 Å². The van der Waals surface area contributed by atoms with E-state index < -0.39 is 0 Å². The summed E-state index contributed by atoms with van der Waals surface area (Å²) in [5.41, 5.74) is 3.73. The highest BCUT2D eigenvalue weighted by Crippen LogP contribution is 2.22. The number of piperazine rings is 1. The van der Waals surface area contributed by atoms with Gasteiger partial charge in [-0.2, -0.15) is 0 Å². The summed E-state index contributed by atoms with van der Waals surface area (Å²) in [4.78, 5) is 9.44. The fourth-order valence-electron chi connectivity index (χ4n) is 4.27. The Hall–Kier alpha value is -2.38. The molecule has 0 bridgehead atoms. The molecule has 0 amide bonds. The lowest BCUT2D eigenvalue weighted by atomic mass is 9.99. The molecule has 0 aliphatic carbocycles. The highest BCUT2D eigenvalue weighted by molar-refractivity contribution is 5.79. The van der Waals surface area contributed by atoms with Crippen LogP contribution in [0.1, 0.15) is 62.1 Å². The van der Waals surface area contributed by atoms with Crippen molar-refractivity contribution in [3.05, 3.63) is 52.9 Å². The SMILES string of the molecule is CCC(CC)c1cc(CNC(=NC)NCc2ccccc2CN2CCN(CC)CC2)on1. The molecule has 2 aromatic rings. The quantitative estimate of drug-likeness (QED) is 0.435.